The standard InChI is InChI=1S/C13H13Cl2N3O2/c1-8(2)12(18-7-16-6-17-18)20-13(19)10-4-3-9(14)5-11(10)15/h3-8,12H,1-2H3/t12-/m1/s1. The van der Waals surface area contributed by atoms with E-state index in [0.29, 0.717) is 5.02 Å². The summed E-state index contributed by atoms with van der Waals surface area (Å²) in [6, 6.07) is 4.62. The van der Waals surface area contributed by atoms with Gasteiger partial charge in [0.25, 0.3) is 0 Å². The molecule has 7 heteroatoms. The lowest BCUT2D eigenvalue weighted by Gasteiger charge is -2.21. The van der Waals surface area contributed by atoms with Gasteiger partial charge in [0, 0.05) is 10.9 Å². The number of carbonyl (C=O) groups is 1. The minimum Gasteiger partial charge on any atom is -0.436 e. The van der Waals surface area contributed by atoms with Crippen LogP contribution < -0.4 is 0 Å². The summed E-state index contributed by atoms with van der Waals surface area (Å²) in [5.41, 5.74) is 0.266. The van der Waals surface area contributed by atoms with Gasteiger partial charge in [0.1, 0.15) is 12.7 Å². The average Bonchev–Trinajstić information content (AvgIpc) is 2.88. The zero-order valence-electron chi connectivity index (χ0n) is 11.0. The van der Waals surface area contributed by atoms with Crippen molar-refractivity contribution in [2.45, 2.75) is 20.1 Å². The molecule has 0 spiro atoms. The van der Waals surface area contributed by atoms with Gasteiger partial charge in [0.2, 0.25) is 0 Å². The first-order valence-electron chi connectivity index (χ1n) is 5.99. The van der Waals surface area contributed by atoms with E-state index in [1.807, 2.05) is 13.8 Å². The maximum absolute atomic E-state index is 12.2. The molecule has 106 valence electrons. The van der Waals surface area contributed by atoms with E-state index in [1.54, 1.807) is 6.07 Å². The Hall–Kier alpha value is -1.59. The Morgan fingerprint density at radius 3 is 2.65 bits per heavy atom. The molecule has 0 N–H and O–H groups in total. The van der Waals surface area contributed by atoms with E-state index in [0.717, 1.165) is 0 Å². The van der Waals surface area contributed by atoms with Crippen molar-refractivity contribution in [3.63, 3.8) is 0 Å². The molecule has 2 rings (SSSR count). The van der Waals surface area contributed by atoms with E-state index in [1.165, 1.54) is 29.5 Å². The smallest absolute Gasteiger partial charge is 0.341 e. The predicted octanol–water partition coefficient (Wildman–Crippen LogP) is 3.60. The van der Waals surface area contributed by atoms with Gasteiger partial charge in [0.05, 0.1) is 10.6 Å². The van der Waals surface area contributed by atoms with Gasteiger partial charge in [-0.05, 0) is 18.2 Å². The van der Waals surface area contributed by atoms with Crippen molar-refractivity contribution in [3.05, 3.63) is 46.5 Å². The Labute approximate surface area is 126 Å². The van der Waals surface area contributed by atoms with Crippen LogP contribution in [-0.4, -0.2) is 20.7 Å². The molecule has 0 unspecified atom stereocenters. The molecule has 0 aliphatic heterocycles. The van der Waals surface area contributed by atoms with Crippen molar-refractivity contribution in [3.8, 4) is 0 Å². The van der Waals surface area contributed by atoms with Crippen LogP contribution >= 0.6 is 23.2 Å². The Morgan fingerprint density at radius 2 is 2.10 bits per heavy atom. The average molecular weight is 314 g/mol. The van der Waals surface area contributed by atoms with Crippen LogP contribution in [0.25, 0.3) is 0 Å². The van der Waals surface area contributed by atoms with Crippen LogP contribution in [0.2, 0.25) is 10.0 Å². The van der Waals surface area contributed by atoms with Crippen molar-refractivity contribution in [1.29, 1.82) is 0 Å². The summed E-state index contributed by atoms with van der Waals surface area (Å²) < 4.78 is 6.95. The molecule has 0 aliphatic rings. The van der Waals surface area contributed by atoms with Crippen molar-refractivity contribution in [1.82, 2.24) is 14.8 Å². The molecule has 0 saturated carbocycles. The number of nitrogens with zero attached hydrogens (tertiary/aromatic N) is 3. The van der Waals surface area contributed by atoms with Crippen molar-refractivity contribution < 1.29 is 9.53 Å². The van der Waals surface area contributed by atoms with E-state index in [2.05, 4.69) is 10.1 Å². The second-order valence-electron chi connectivity index (χ2n) is 4.54. The van der Waals surface area contributed by atoms with Crippen LogP contribution in [-0.2, 0) is 4.74 Å². The maximum atomic E-state index is 12.2. The van der Waals surface area contributed by atoms with Crippen LogP contribution in [0.15, 0.2) is 30.9 Å². The summed E-state index contributed by atoms with van der Waals surface area (Å²) in [6.45, 7) is 3.84. The van der Waals surface area contributed by atoms with E-state index < -0.39 is 12.2 Å². The highest BCUT2D eigenvalue weighted by molar-refractivity contribution is 6.36. The largest absolute Gasteiger partial charge is 0.436 e. The molecule has 20 heavy (non-hydrogen) atoms. The molecule has 0 bridgehead atoms. The number of carbonyl (C=O) groups excluding carboxylic acids is 1. The molecule has 1 aromatic carbocycles. The lowest BCUT2D eigenvalue weighted by molar-refractivity contribution is -0.0147. The van der Waals surface area contributed by atoms with E-state index >= 15 is 0 Å². The van der Waals surface area contributed by atoms with E-state index in [9.17, 15) is 4.79 Å². The third-order valence-electron chi connectivity index (χ3n) is 2.65. The highest BCUT2D eigenvalue weighted by atomic mass is 35.5. The molecule has 1 aromatic heterocycles. The summed E-state index contributed by atoms with van der Waals surface area (Å²) >= 11 is 11.8. The van der Waals surface area contributed by atoms with Crippen molar-refractivity contribution >= 4 is 29.2 Å². The second-order valence-corrected chi connectivity index (χ2v) is 5.38. The predicted molar refractivity (Wildman–Crippen MR) is 75.8 cm³/mol. The van der Waals surface area contributed by atoms with Crippen molar-refractivity contribution in [2.24, 2.45) is 5.92 Å². The molecule has 1 heterocycles. The summed E-state index contributed by atoms with van der Waals surface area (Å²) in [4.78, 5) is 16.0. The highest BCUT2D eigenvalue weighted by Gasteiger charge is 2.23. The summed E-state index contributed by atoms with van der Waals surface area (Å²) in [5.74, 6) is -0.493. The fourth-order valence-corrected chi connectivity index (χ4v) is 2.16. The van der Waals surface area contributed by atoms with Gasteiger partial charge in [-0.15, -0.1) is 0 Å². The van der Waals surface area contributed by atoms with Gasteiger partial charge in [-0.2, -0.15) is 5.10 Å². The molecular weight excluding hydrogens is 301 g/mol. The lowest BCUT2D eigenvalue weighted by Crippen LogP contribution is -2.22. The number of benzene rings is 1. The number of rotatable bonds is 4. The maximum Gasteiger partial charge on any atom is 0.341 e. The second kappa shape index (κ2) is 6.24. The first-order chi connectivity index (χ1) is 9.49. The first-order valence-corrected chi connectivity index (χ1v) is 6.74. The van der Waals surface area contributed by atoms with Gasteiger partial charge in [0.15, 0.2) is 6.23 Å². The molecule has 0 fully saturated rings. The minimum atomic E-state index is -0.545. The number of ether oxygens (including phenoxy) is 1. The monoisotopic (exact) mass is 313 g/mol. The molecule has 2 aromatic rings. The number of esters is 1. The third-order valence-corrected chi connectivity index (χ3v) is 3.19. The quantitative estimate of drug-likeness (QED) is 0.809. The van der Waals surface area contributed by atoms with Gasteiger partial charge in [-0.3, -0.25) is 0 Å². The number of aromatic nitrogens is 3. The summed E-state index contributed by atoms with van der Waals surface area (Å²) in [7, 11) is 0. The fourth-order valence-electron chi connectivity index (χ4n) is 1.67. The number of hydrogen-bond donors (Lipinski definition) is 0. The molecule has 5 nitrogen and oxygen atoms in total. The van der Waals surface area contributed by atoms with Crippen LogP contribution in [0.3, 0.4) is 0 Å². The topological polar surface area (TPSA) is 57.0 Å². The molecule has 0 amide bonds. The molecule has 0 radical (unpaired) electrons. The fraction of sp³-hybridized carbons (Fsp3) is 0.308. The van der Waals surface area contributed by atoms with E-state index in [-0.39, 0.29) is 16.5 Å². The van der Waals surface area contributed by atoms with E-state index in [4.69, 9.17) is 27.9 Å². The lowest BCUT2D eigenvalue weighted by atomic mass is 10.2. The normalized spacial score (nSPS) is 12.4. The summed E-state index contributed by atoms with van der Waals surface area (Å²) in [6.07, 6.45) is 2.34. The number of halogens is 2. The molecule has 1 atom stereocenters. The summed E-state index contributed by atoms with van der Waals surface area (Å²) in [5, 5.41) is 4.71. The molecular formula is C13H13Cl2N3O2. The van der Waals surface area contributed by atoms with Crippen LogP contribution in [0, 0.1) is 5.92 Å². The Bertz CT molecular complexity index is 600. The Morgan fingerprint density at radius 1 is 1.35 bits per heavy atom. The van der Waals surface area contributed by atoms with Gasteiger partial charge < -0.3 is 4.74 Å². The van der Waals surface area contributed by atoms with Crippen molar-refractivity contribution in [2.75, 3.05) is 0 Å². The highest BCUT2D eigenvalue weighted by Crippen LogP contribution is 2.25. The van der Waals surface area contributed by atoms with Crippen LogP contribution in [0.1, 0.15) is 30.4 Å². The Balaban J connectivity index is 2.21. The van der Waals surface area contributed by atoms with Gasteiger partial charge >= 0.3 is 5.97 Å². The minimum absolute atomic E-state index is 0.0340. The third kappa shape index (κ3) is 3.29. The zero-order valence-corrected chi connectivity index (χ0v) is 12.5. The van der Waals surface area contributed by atoms with Gasteiger partial charge in [-0.25, -0.2) is 14.5 Å². The number of hydrogen-bond acceptors (Lipinski definition) is 4. The SMILES string of the molecule is CC(C)[C@@H](OC(=O)c1ccc(Cl)cc1Cl)n1cncn1. The van der Waals surface area contributed by atoms with Crippen LogP contribution in [0.4, 0.5) is 0 Å². The van der Waals surface area contributed by atoms with Gasteiger partial charge in [-0.1, -0.05) is 37.0 Å². The molecule has 0 aliphatic carbocycles. The Kier molecular flexibility index (Phi) is 4.62. The first kappa shape index (κ1) is 14.8. The van der Waals surface area contributed by atoms with Crippen LogP contribution in [0.5, 0.6) is 0 Å². The molecule has 0 saturated heterocycles. The zero-order chi connectivity index (χ0) is 14.7.